The quantitative estimate of drug-likeness (QED) is 0.423. The molecule has 1 aromatic carbocycles. The largest absolute Gasteiger partial charge is 0.419 e. The summed E-state index contributed by atoms with van der Waals surface area (Å²) >= 11 is 0.979. The molecule has 11 heteroatoms. The lowest BCUT2D eigenvalue weighted by atomic mass is 10.1. The van der Waals surface area contributed by atoms with Gasteiger partial charge in [-0.15, -0.1) is 11.3 Å². The van der Waals surface area contributed by atoms with E-state index in [0.29, 0.717) is 23.6 Å². The van der Waals surface area contributed by atoms with Gasteiger partial charge in [0.25, 0.3) is 5.91 Å². The Morgan fingerprint density at radius 2 is 2.00 bits per heavy atom. The molecule has 31 heavy (non-hydrogen) atoms. The number of primary amides is 1. The fourth-order valence-corrected chi connectivity index (χ4v) is 3.90. The molecule has 1 aliphatic rings. The van der Waals surface area contributed by atoms with E-state index >= 15 is 0 Å². The first-order valence-electron chi connectivity index (χ1n) is 9.24. The SMILES string of the molecule is NC(=O)Nc1cc(C#Cc2ccc(C(F)(F)F)c(F)c2)sc1C(=O)NC1CCCNC1. The first-order valence-corrected chi connectivity index (χ1v) is 10.1. The minimum atomic E-state index is -4.80. The summed E-state index contributed by atoms with van der Waals surface area (Å²) in [5.74, 6) is 3.40. The Kier molecular flexibility index (Phi) is 6.82. The van der Waals surface area contributed by atoms with Crippen LogP contribution in [0.15, 0.2) is 24.3 Å². The molecule has 2 heterocycles. The molecule has 0 aliphatic carbocycles. The molecular formula is C20H18F4N4O2S. The molecule has 5 N–H and O–H groups in total. The number of hydrogen-bond acceptors (Lipinski definition) is 4. The fourth-order valence-electron chi connectivity index (χ4n) is 3.03. The third kappa shape index (κ3) is 5.96. The number of halogens is 4. The fraction of sp³-hybridized carbons (Fsp3) is 0.300. The van der Waals surface area contributed by atoms with Crippen LogP contribution in [0.2, 0.25) is 0 Å². The molecular weight excluding hydrogens is 436 g/mol. The van der Waals surface area contributed by atoms with Gasteiger partial charge in [0.15, 0.2) is 0 Å². The summed E-state index contributed by atoms with van der Waals surface area (Å²) in [5, 5.41) is 8.42. The van der Waals surface area contributed by atoms with Crippen molar-refractivity contribution in [2.24, 2.45) is 5.73 Å². The highest BCUT2D eigenvalue weighted by Gasteiger charge is 2.33. The number of alkyl halides is 3. The van der Waals surface area contributed by atoms with Gasteiger partial charge < -0.3 is 21.7 Å². The van der Waals surface area contributed by atoms with Gasteiger partial charge in [-0.2, -0.15) is 13.2 Å². The summed E-state index contributed by atoms with van der Waals surface area (Å²) in [5.41, 5.74) is 3.98. The maximum atomic E-state index is 13.7. The number of nitrogens with one attached hydrogen (secondary N) is 3. The van der Waals surface area contributed by atoms with E-state index in [0.717, 1.165) is 36.8 Å². The van der Waals surface area contributed by atoms with Gasteiger partial charge in [-0.05, 0) is 43.7 Å². The summed E-state index contributed by atoms with van der Waals surface area (Å²) in [6.07, 6.45) is -3.06. The molecule has 0 radical (unpaired) electrons. The van der Waals surface area contributed by atoms with Crippen molar-refractivity contribution in [2.45, 2.75) is 25.1 Å². The van der Waals surface area contributed by atoms with Crippen LogP contribution in [0, 0.1) is 17.7 Å². The Morgan fingerprint density at radius 1 is 1.23 bits per heavy atom. The number of urea groups is 1. The Balaban J connectivity index is 1.83. The van der Waals surface area contributed by atoms with Crippen LogP contribution in [0.1, 0.15) is 38.5 Å². The Labute approximate surface area is 179 Å². The van der Waals surface area contributed by atoms with E-state index < -0.39 is 29.5 Å². The topological polar surface area (TPSA) is 96.2 Å². The number of carbonyl (C=O) groups is 2. The minimum Gasteiger partial charge on any atom is -0.351 e. The van der Waals surface area contributed by atoms with Crippen molar-refractivity contribution in [3.8, 4) is 11.8 Å². The number of anilines is 1. The standard InChI is InChI=1S/C20H18F4N4O2S/c21-15-8-11(4-6-14(15)20(22,23)24)3-5-13-9-16(28-19(25)30)17(31-13)18(29)27-12-2-1-7-26-10-12/h4,6,8-9,12,26H,1-2,7,10H2,(H,27,29)(H3,25,28,30). The molecule has 3 amide bonds. The minimum absolute atomic E-state index is 0.0302. The highest BCUT2D eigenvalue weighted by molar-refractivity contribution is 7.15. The van der Waals surface area contributed by atoms with E-state index in [1.807, 2.05) is 0 Å². The van der Waals surface area contributed by atoms with Crippen LogP contribution < -0.4 is 21.7 Å². The van der Waals surface area contributed by atoms with E-state index in [9.17, 15) is 27.2 Å². The second-order valence-electron chi connectivity index (χ2n) is 6.80. The summed E-state index contributed by atoms with van der Waals surface area (Å²) in [6, 6.07) is 2.86. The normalized spacial score (nSPS) is 16.2. The number of hydrogen-bond donors (Lipinski definition) is 4. The molecule has 164 valence electrons. The molecule has 1 aliphatic heterocycles. The number of piperidine rings is 1. The predicted octanol–water partition coefficient (Wildman–Crippen LogP) is 3.28. The highest BCUT2D eigenvalue weighted by Crippen LogP contribution is 2.31. The Morgan fingerprint density at radius 3 is 2.61 bits per heavy atom. The van der Waals surface area contributed by atoms with Gasteiger partial charge in [-0.25, -0.2) is 9.18 Å². The van der Waals surface area contributed by atoms with Gasteiger partial charge in [0.1, 0.15) is 10.7 Å². The number of carbonyl (C=O) groups excluding carboxylic acids is 2. The second-order valence-corrected chi connectivity index (χ2v) is 7.85. The molecule has 1 saturated heterocycles. The molecule has 6 nitrogen and oxygen atoms in total. The van der Waals surface area contributed by atoms with Gasteiger partial charge in [-0.3, -0.25) is 4.79 Å². The molecule has 0 bridgehead atoms. The number of thiophene rings is 1. The van der Waals surface area contributed by atoms with E-state index in [-0.39, 0.29) is 22.2 Å². The summed E-state index contributed by atoms with van der Waals surface area (Å²) in [6.45, 7) is 1.51. The zero-order valence-corrected chi connectivity index (χ0v) is 16.8. The van der Waals surface area contributed by atoms with Crippen molar-refractivity contribution in [2.75, 3.05) is 18.4 Å². The van der Waals surface area contributed by atoms with Crippen LogP contribution in [-0.4, -0.2) is 31.1 Å². The maximum Gasteiger partial charge on any atom is 0.419 e. The Bertz CT molecular complexity index is 1050. The van der Waals surface area contributed by atoms with Crippen LogP contribution in [-0.2, 0) is 6.18 Å². The summed E-state index contributed by atoms with van der Waals surface area (Å²) < 4.78 is 51.7. The molecule has 1 atom stereocenters. The lowest BCUT2D eigenvalue weighted by molar-refractivity contribution is -0.140. The van der Waals surface area contributed by atoms with Crippen molar-refractivity contribution in [1.29, 1.82) is 0 Å². The third-order valence-electron chi connectivity index (χ3n) is 4.43. The lowest BCUT2D eigenvalue weighted by Crippen LogP contribution is -2.45. The van der Waals surface area contributed by atoms with E-state index in [4.69, 9.17) is 5.73 Å². The van der Waals surface area contributed by atoms with E-state index in [1.54, 1.807) is 0 Å². The maximum absolute atomic E-state index is 13.7. The van der Waals surface area contributed by atoms with Crippen LogP contribution >= 0.6 is 11.3 Å². The molecule has 1 fully saturated rings. The average molecular weight is 454 g/mol. The molecule has 3 rings (SSSR count). The van der Waals surface area contributed by atoms with Crippen molar-refractivity contribution in [1.82, 2.24) is 10.6 Å². The number of rotatable bonds is 3. The second kappa shape index (κ2) is 9.36. The molecule has 2 aromatic rings. The van der Waals surface area contributed by atoms with Crippen molar-refractivity contribution >= 4 is 29.0 Å². The number of benzene rings is 1. The smallest absolute Gasteiger partial charge is 0.351 e. The van der Waals surface area contributed by atoms with Crippen molar-refractivity contribution in [3.05, 3.63) is 51.0 Å². The molecule has 0 saturated carbocycles. The van der Waals surface area contributed by atoms with Crippen LogP contribution in [0.25, 0.3) is 0 Å². The predicted molar refractivity (Wildman–Crippen MR) is 108 cm³/mol. The van der Waals surface area contributed by atoms with Crippen LogP contribution in [0.4, 0.5) is 28.0 Å². The Hall–Kier alpha value is -3.10. The van der Waals surface area contributed by atoms with Crippen molar-refractivity contribution in [3.63, 3.8) is 0 Å². The van der Waals surface area contributed by atoms with Gasteiger partial charge >= 0.3 is 12.2 Å². The first-order chi connectivity index (χ1) is 14.6. The first kappa shape index (κ1) is 22.6. The van der Waals surface area contributed by atoms with E-state index in [2.05, 4.69) is 27.8 Å². The average Bonchev–Trinajstić information content (AvgIpc) is 3.08. The molecule has 1 aromatic heterocycles. The van der Waals surface area contributed by atoms with Gasteiger partial charge in [0.2, 0.25) is 0 Å². The zero-order chi connectivity index (χ0) is 22.6. The summed E-state index contributed by atoms with van der Waals surface area (Å²) in [7, 11) is 0. The lowest BCUT2D eigenvalue weighted by Gasteiger charge is -2.23. The number of amides is 3. The van der Waals surface area contributed by atoms with Gasteiger partial charge in [0.05, 0.1) is 16.1 Å². The van der Waals surface area contributed by atoms with E-state index in [1.165, 1.54) is 6.07 Å². The monoisotopic (exact) mass is 454 g/mol. The van der Waals surface area contributed by atoms with Gasteiger partial charge in [-0.1, -0.05) is 11.8 Å². The number of nitrogens with two attached hydrogens (primary N) is 1. The van der Waals surface area contributed by atoms with Crippen LogP contribution in [0.5, 0.6) is 0 Å². The van der Waals surface area contributed by atoms with Crippen LogP contribution in [0.3, 0.4) is 0 Å². The third-order valence-corrected chi connectivity index (χ3v) is 5.48. The zero-order valence-electron chi connectivity index (χ0n) is 16.0. The summed E-state index contributed by atoms with van der Waals surface area (Å²) in [4.78, 5) is 24.5. The van der Waals surface area contributed by atoms with Crippen molar-refractivity contribution < 1.29 is 27.2 Å². The van der Waals surface area contributed by atoms with Gasteiger partial charge in [0, 0.05) is 18.2 Å². The molecule has 0 spiro atoms. The molecule has 1 unspecified atom stereocenters. The highest BCUT2D eigenvalue weighted by atomic mass is 32.1.